The van der Waals surface area contributed by atoms with Crippen molar-refractivity contribution < 1.29 is 14.3 Å². The molecular weight excluding hydrogens is 268 g/mol. The van der Waals surface area contributed by atoms with E-state index in [4.69, 9.17) is 4.74 Å². The van der Waals surface area contributed by atoms with E-state index in [-0.39, 0.29) is 36.6 Å². The Kier molecular flexibility index (Phi) is 10.8. The van der Waals surface area contributed by atoms with Gasteiger partial charge in [0.2, 0.25) is 5.91 Å². The van der Waals surface area contributed by atoms with Crippen LogP contribution in [-0.4, -0.2) is 38.1 Å². The average Bonchev–Trinajstić information content (AvgIpc) is 2.37. The topological polar surface area (TPSA) is 67.4 Å². The van der Waals surface area contributed by atoms with Gasteiger partial charge in [0.1, 0.15) is 0 Å². The molecule has 1 atom stereocenters. The van der Waals surface area contributed by atoms with Crippen molar-refractivity contribution in [1.82, 2.24) is 10.6 Å². The Morgan fingerprint density at radius 2 is 1.79 bits per heavy atom. The van der Waals surface area contributed by atoms with Crippen LogP contribution in [-0.2, 0) is 14.3 Å². The van der Waals surface area contributed by atoms with Gasteiger partial charge in [-0.15, -0.1) is 12.4 Å². The van der Waals surface area contributed by atoms with Gasteiger partial charge in [-0.3, -0.25) is 9.59 Å². The van der Waals surface area contributed by atoms with E-state index < -0.39 is 5.54 Å². The number of methoxy groups -OCH3 is 1. The van der Waals surface area contributed by atoms with Gasteiger partial charge in [0, 0.05) is 18.0 Å². The number of halogens is 1. The molecule has 0 aromatic rings. The van der Waals surface area contributed by atoms with E-state index in [1.165, 1.54) is 7.11 Å². The summed E-state index contributed by atoms with van der Waals surface area (Å²) < 4.78 is 4.70. The fraction of sp³-hybridized carbons (Fsp3) is 0.846. The van der Waals surface area contributed by atoms with E-state index in [2.05, 4.69) is 10.6 Å². The Bertz CT molecular complexity index is 281. The van der Waals surface area contributed by atoms with Crippen molar-refractivity contribution >= 4 is 24.3 Å². The minimum absolute atomic E-state index is 0. The number of carbonyl (C=O) groups is 2. The first-order valence-electron chi connectivity index (χ1n) is 6.48. The van der Waals surface area contributed by atoms with Gasteiger partial charge in [0.25, 0.3) is 0 Å². The second-order valence-electron chi connectivity index (χ2n) is 4.69. The molecule has 0 aromatic carbocycles. The molecule has 1 amide bonds. The van der Waals surface area contributed by atoms with Crippen LogP contribution in [0.15, 0.2) is 0 Å². The third kappa shape index (κ3) is 6.78. The molecule has 6 heteroatoms. The van der Waals surface area contributed by atoms with Crippen LogP contribution in [0.2, 0.25) is 0 Å². The van der Waals surface area contributed by atoms with Gasteiger partial charge >= 0.3 is 5.97 Å². The zero-order valence-corrected chi connectivity index (χ0v) is 13.4. The molecule has 0 aromatic heterocycles. The minimum atomic E-state index is -0.494. The second-order valence-corrected chi connectivity index (χ2v) is 4.69. The molecule has 0 bridgehead atoms. The summed E-state index contributed by atoms with van der Waals surface area (Å²) in [6.45, 7) is 6.42. The first-order valence-corrected chi connectivity index (χ1v) is 6.48. The molecule has 0 aliphatic rings. The third-order valence-electron chi connectivity index (χ3n) is 3.41. The lowest BCUT2D eigenvalue weighted by Gasteiger charge is -2.33. The Labute approximate surface area is 122 Å². The SMILES string of the molecule is CCC(CC)(CC(=O)OC)NC(=O)C(C)CNC.Cl. The molecule has 0 heterocycles. The van der Waals surface area contributed by atoms with Crippen LogP contribution in [0.4, 0.5) is 0 Å². The van der Waals surface area contributed by atoms with E-state index in [0.717, 1.165) is 0 Å². The van der Waals surface area contributed by atoms with Crippen LogP contribution in [0.3, 0.4) is 0 Å². The summed E-state index contributed by atoms with van der Waals surface area (Å²) in [6.07, 6.45) is 1.63. The Morgan fingerprint density at radius 1 is 1.26 bits per heavy atom. The molecule has 0 saturated heterocycles. The third-order valence-corrected chi connectivity index (χ3v) is 3.41. The summed E-state index contributed by atoms with van der Waals surface area (Å²) in [5.74, 6) is -0.442. The number of hydrogen-bond acceptors (Lipinski definition) is 4. The number of nitrogens with one attached hydrogen (secondary N) is 2. The van der Waals surface area contributed by atoms with Crippen molar-refractivity contribution in [3.8, 4) is 0 Å². The number of esters is 1. The molecule has 2 N–H and O–H groups in total. The minimum Gasteiger partial charge on any atom is -0.469 e. The smallest absolute Gasteiger partial charge is 0.307 e. The number of rotatable bonds is 8. The van der Waals surface area contributed by atoms with Gasteiger partial charge in [0.05, 0.1) is 13.5 Å². The van der Waals surface area contributed by atoms with E-state index >= 15 is 0 Å². The summed E-state index contributed by atoms with van der Waals surface area (Å²) >= 11 is 0. The molecule has 0 radical (unpaired) electrons. The second kappa shape index (κ2) is 10.0. The zero-order valence-electron chi connectivity index (χ0n) is 12.5. The first kappa shape index (κ1) is 20.5. The molecule has 19 heavy (non-hydrogen) atoms. The Morgan fingerprint density at radius 3 is 2.16 bits per heavy atom. The van der Waals surface area contributed by atoms with Crippen LogP contribution >= 0.6 is 12.4 Å². The van der Waals surface area contributed by atoms with E-state index in [1.807, 2.05) is 27.8 Å². The van der Waals surface area contributed by atoms with E-state index in [1.54, 1.807) is 0 Å². The van der Waals surface area contributed by atoms with Gasteiger partial charge < -0.3 is 15.4 Å². The van der Waals surface area contributed by atoms with E-state index in [9.17, 15) is 9.59 Å². The molecule has 0 fully saturated rings. The largest absolute Gasteiger partial charge is 0.469 e. The molecule has 0 spiro atoms. The molecular formula is C13H27ClN2O3. The van der Waals surface area contributed by atoms with Gasteiger partial charge in [-0.1, -0.05) is 20.8 Å². The Hall–Kier alpha value is -0.810. The highest BCUT2D eigenvalue weighted by Crippen LogP contribution is 2.21. The number of ether oxygens (including phenoxy) is 1. The normalized spacial score (nSPS) is 12.3. The lowest BCUT2D eigenvalue weighted by molar-refractivity contribution is -0.143. The summed E-state index contributed by atoms with van der Waals surface area (Å²) in [7, 11) is 3.18. The number of amides is 1. The summed E-state index contributed by atoms with van der Waals surface area (Å²) in [5, 5.41) is 5.97. The molecule has 0 aliphatic heterocycles. The Balaban J connectivity index is 0. The first-order chi connectivity index (χ1) is 8.44. The van der Waals surface area contributed by atoms with Gasteiger partial charge in [0.15, 0.2) is 0 Å². The maximum Gasteiger partial charge on any atom is 0.307 e. The van der Waals surface area contributed by atoms with Crippen LogP contribution in [0.1, 0.15) is 40.0 Å². The lowest BCUT2D eigenvalue weighted by atomic mass is 9.88. The number of hydrogen-bond donors (Lipinski definition) is 2. The quantitative estimate of drug-likeness (QED) is 0.666. The number of carbonyl (C=O) groups excluding carboxylic acids is 2. The lowest BCUT2D eigenvalue weighted by Crippen LogP contribution is -2.51. The van der Waals surface area contributed by atoms with Gasteiger partial charge in [-0.2, -0.15) is 0 Å². The fourth-order valence-electron chi connectivity index (χ4n) is 1.85. The fourth-order valence-corrected chi connectivity index (χ4v) is 1.85. The average molecular weight is 295 g/mol. The van der Waals surface area contributed by atoms with Crippen LogP contribution in [0.25, 0.3) is 0 Å². The van der Waals surface area contributed by atoms with Crippen molar-refractivity contribution in [3.05, 3.63) is 0 Å². The van der Waals surface area contributed by atoms with Crippen molar-refractivity contribution in [2.24, 2.45) is 5.92 Å². The molecule has 5 nitrogen and oxygen atoms in total. The van der Waals surface area contributed by atoms with Crippen LogP contribution in [0, 0.1) is 5.92 Å². The summed E-state index contributed by atoms with van der Waals surface area (Å²) in [4.78, 5) is 23.5. The standard InChI is InChI=1S/C13H26N2O3.ClH/c1-6-13(7-2,8-11(16)18-5)15-12(17)10(3)9-14-4;/h10,14H,6-9H2,1-5H3,(H,15,17);1H. The predicted molar refractivity (Wildman–Crippen MR) is 78.4 cm³/mol. The summed E-state index contributed by atoms with van der Waals surface area (Å²) in [5.41, 5.74) is -0.494. The predicted octanol–water partition coefficient (Wildman–Crippen LogP) is 1.50. The summed E-state index contributed by atoms with van der Waals surface area (Å²) in [6, 6.07) is 0. The van der Waals surface area contributed by atoms with Crippen molar-refractivity contribution in [1.29, 1.82) is 0 Å². The molecule has 1 unspecified atom stereocenters. The maximum atomic E-state index is 12.0. The van der Waals surface area contributed by atoms with Crippen molar-refractivity contribution in [2.75, 3.05) is 20.7 Å². The zero-order chi connectivity index (χ0) is 14.2. The van der Waals surface area contributed by atoms with Crippen LogP contribution < -0.4 is 10.6 Å². The molecule has 0 saturated carbocycles. The highest BCUT2D eigenvalue weighted by Gasteiger charge is 2.32. The highest BCUT2D eigenvalue weighted by atomic mass is 35.5. The molecule has 0 rings (SSSR count). The van der Waals surface area contributed by atoms with Crippen molar-refractivity contribution in [2.45, 2.75) is 45.6 Å². The maximum absolute atomic E-state index is 12.0. The molecule has 0 aliphatic carbocycles. The van der Waals surface area contributed by atoms with Crippen molar-refractivity contribution in [3.63, 3.8) is 0 Å². The van der Waals surface area contributed by atoms with E-state index in [0.29, 0.717) is 19.4 Å². The monoisotopic (exact) mass is 294 g/mol. The molecule has 114 valence electrons. The highest BCUT2D eigenvalue weighted by molar-refractivity contribution is 5.85. The van der Waals surface area contributed by atoms with Gasteiger partial charge in [-0.05, 0) is 19.9 Å². The van der Waals surface area contributed by atoms with Crippen LogP contribution in [0.5, 0.6) is 0 Å². The van der Waals surface area contributed by atoms with Gasteiger partial charge in [-0.25, -0.2) is 0 Å².